The van der Waals surface area contributed by atoms with E-state index in [9.17, 15) is 9.59 Å². The smallest absolute Gasteiger partial charge is 0.328 e. The van der Waals surface area contributed by atoms with Gasteiger partial charge < -0.3 is 14.8 Å². The number of amides is 3. The van der Waals surface area contributed by atoms with Gasteiger partial charge in [0.05, 0.1) is 6.61 Å². The van der Waals surface area contributed by atoms with Gasteiger partial charge in [0.2, 0.25) is 0 Å². The van der Waals surface area contributed by atoms with E-state index in [1.54, 1.807) is 18.2 Å². The van der Waals surface area contributed by atoms with Crippen LogP contribution in [0.15, 0.2) is 52.6 Å². The second kappa shape index (κ2) is 8.26. The van der Waals surface area contributed by atoms with E-state index in [0.29, 0.717) is 30.3 Å². The predicted octanol–water partition coefficient (Wildman–Crippen LogP) is 3.95. The summed E-state index contributed by atoms with van der Waals surface area (Å²) >= 11 is 3.50. The van der Waals surface area contributed by atoms with Crippen molar-refractivity contribution in [3.8, 4) is 11.5 Å². The molecule has 140 valence electrons. The Morgan fingerprint density at radius 2 is 1.81 bits per heavy atom. The molecule has 0 unspecified atom stereocenters. The summed E-state index contributed by atoms with van der Waals surface area (Å²) in [7, 11) is 1.43. The minimum absolute atomic E-state index is 0.212. The Balaban J connectivity index is 1.88. The van der Waals surface area contributed by atoms with Gasteiger partial charge in [-0.3, -0.25) is 9.69 Å². The summed E-state index contributed by atoms with van der Waals surface area (Å²) in [5, 5.41) is 2.55. The van der Waals surface area contributed by atoms with Gasteiger partial charge in [0.15, 0.2) is 11.5 Å². The first-order valence-corrected chi connectivity index (χ1v) is 9.22. The van der Waals surface area contributed by atoms with E-state index < -0.39 is 6.03 Å². The van der Waals surface area contributed by atoms with Gasteiger partial charge in [-0.05, 0) is 36.3 Å². The number of nitrogens with one attached hydrogen (secondary N) is 1. The maximum atomic E-state index is 12.1. The first-order valence-electron chi connectivity index (χ1n) is 8.43. The van der Waals surface area contributed by atoms with Gasteiger partial charge in [-0.15, -0.1) is 0 Å². The number of benzene rings is 2. The van der Waals surface area contributed by atoms with Gasteiger partial charge in [0, 0.05) is 11.5 Å². The number of carbonyl (C=O) groups is 2. The highest BCUT2D eigenvalue weighted by Gasteiger charge is 2.30. The van der Waals surface area contributed by atoms with Gasteiger partial charge in [-0.1, -0.05) is 46.3 Å². The van der Waals surface area contributed by atoms with Crippen molar-refractivity contribution < 1.29 is 19.1 Å². The van der Waals surface area contributed by atoms with Crippen molar-refractivity contribution in [2.24, 2.45) is 0 Å². The Labute approximate surface area is 165 Å². The van der Waals surface area contributed by atoms with Crippen LogP contribution in [0, 0.1) is 0 Å². The molecule has 1 saturated heterocycles. The number of urea groups is 1. The molecule has 0 atom stereocenters. The molecule has 3 rings (SSSR count). The molecular formula is C20H19BrN2O4. The monoisotopic (exact) mass is 430 g/mol. The second-order valence-electron chi connectivity index (χ2n) is 5.88. The number of imide groups is 1. The van der Waals surface area contributed by atoms with Crippen molar-refractivity contribution in [3.05, 3.63) is 63.8 Å². The van der Waals surface area contributed by atoms with Crippen LogP contribution in [0.5, 0.6) is 11.5 Å². The standard InChI is InChI=1S/C20H19BrN2O4/c1-3-26-17-10-14(9-16-19(24)23(2)20(25)22-16)15(21)11-18(17)27-12-13-7-5-4-6-8-13/h4-11H,3,12H2,1-2H3,(H,22,25)/b16-9+. The zero-order valence-electron chi connectivity index (χ0n) is 15.0. The zero-order valence-corrected chi connectivity index (χ0v) is 16.6. The lowest BCUT2D eigenvalue weighted by Gasteiger charge is -2.14. The normalized spacial score (nSPS) is 15.2. The van der Waals surface area contributed by atoms with Crippen LogP contribution in [0.4, 0.5) is 4.79 Å². The van der Waals surface area contributed by atoms with Crippen molar-refractivity contribution in [1.82, 2.24) is 10.2 Å². The van der Waals surface area contributed by atoms with E-state index in [2.05, 4.69) is 21.2 Å². The molecule has 0 aromatic heterocycles. The van der Waals surface area contributed by atoms with Gasteiger partial charge in [0.1, 0.15) is 12.3 Å². The van der Waals surface area contributed by atoms with Crippen LogP contribution in [0.1, 0.15) is 18.1 Å². The summed E-state index contributed by atoms with van der Waals surface area (Å²) in [6.07, 6.45) is 1.61. The molecule has 1 N–H and O–H groups in total. The number of carbonyl (C=O) groups excluding carboxylic acids is 2. The highest BCUT2D eigenvalue weighted by molar-refractivity contribution is 9.10. The van der Waals surface area contributed by atoms with E-state index in [-0.39, 0.29) is 11.6 Å². The van der Waals surface area contributed by atoms with Gasteiger partial charge in [0.25, 0.3) is 5.91 Å². The summed E-state index contributed by atoms with van der Waals surface area (Å²) in [4.78, 5) is 24.7. The summed E-state index contributed by atoms with van der Waals surface area (Å²) in [5.74, 6) is 0.775. The van der Waals surface area contributed by atoms with Gasteiger partial charge in [-0.25, -0.2) is 4.79 Å². The molecule has 2 aromatic rings. The lowest BCUT2D eigenvalue weighted by atomic mass is 10.1. The average Bonchev–Trinajstić information content (AvgIpc) is 2.91. The molecule has 1 aliphatic rings. The largest absolute Gasteiger partial charge is 0.490 e. The lowest BCUT2D eigenvalue weighted by molar-refractivity contribution is -0.121. The highest BCUT2D eigenvalue weighted by atomic mass is 79.9. The molecule has 0 saturated carbocycles. The number of hydrogen-bond donors (Lipinski definition) is 1. The molecular weight excluding hydrogens is 412 g/mol. The number of rotatable bonds is 6. The number of halogens is 1. The number of ether oxygens (including phenoxy) is 2. The molecule has 7 heteroatoms. The Morgan fingerprint density at radius 1 is 1.11 bits per heavy atom. The van der Waals surface area contributed by atoms with Crippen molar-refractivity contribution in [3.63, 3.8) is 0 Å². The number of hydrogen-bond acceptors (Lipinski definition) is 4. The van der Waals surface area contributed by atoms with Crippen LogP contribution in [0.2, 0.25) is 0 Å². The molecule has 0 radical (unpaired) electrons. The van der Waals surface area contributed by atoms with Crippen LogP contribution in [0.3, 0.4) is 0 Å². The molecule has 1 heterocycles. The fraction of sp³-hybridized carbons (Fsp3) is 0.200. The first kappa shape index (κ1) is 19.0. The van der Waals surface area contributed by atoms with E-state index in [0.717, 1.165) is 14.9 Å². The Morgan fingerprint density at radius 3 is 2.44 bits per heavy atom. The molecule has 0 spiro atoms. The third-order valence-electron chi connectivity index (χ3n) is 3.98. The van der Waals surface area contributed by atoms with Gasteiger partial charge >= 0.3 is 6.03 Å². The number of nitrogens with zero attached hydrogens (tertiary/aromatic N) is 1. The summed E-state index contributed by atoms with van der Waals surface area (Å²) < 4.78 is 12.3. The Hall–Kier alpha value is -2.80. The molecule has 27 heavy (non-hydrogen) atoms. The van der Waals surface area contributed by atoms with E-state index >= 15 is 0 Å². The second-order valence-corrected chi connectivity index (χ2v) is 6.73. The molecule has 3 amide bonds. The van der Waals surface area contributed by atoms with Crippen LogP contribution in [-0.2, 0) is 11.4 Å². The van der Waals surface area contributed by atoms with Crippen molar-refractivity contribution >= 4 is 33.9 Å². The third kappa shape index (κ3) is 4.31. The quantitative estimate of drug-likeness (QED) is 0.556. The van der Waals surface area contributed by atoms with E-state index in [4.69, 9.17) is 9.47 Å². The highest BCUT2D eigenvalue weighted by Crippen LogP contribution is 2.35. The predicted molar refractivity (Wildman–Crippen MR) is 105 cm³/mol. The molecule has 2 aromatic carbocycles. The van der Waals surface area contributed by atoms with Crippen molar-refractivity contribution in [2.75, 3.05) is 13.7 Å². The molecule has 0 aliphatic carbocycles. The molecule has 1 fully saturated rings. The lowest BCUT2D eigenvalue weighted by Crippen LogP contribution is -2.25. The zero-order chi connectivity index (χ0) is 19.4. The van der Waals surface area contributed by atoms with E-state index in [1.807, 2.05) is 37.3 Å². The summed E-state index contributed by atoms with van der Waals surface area (Å²) in [5.41, 5.74) is 1.96. The first-order chi connectivity index (χ1) is 13.0. The van der Waals surface area contributed by atoms with Crippen LogP contribution < -0.4 is 14.8 Å². The summed E-state index contributed by atoms with van der Waals surface area (Å²) in [6, 6.07) is 13.0. The minimum atomic E-state index is -0.449. The maximum Gasteiger partial charge on any atom is 0.328 e. The minimum Gasteiger partial charge on any atom is -0.490 e. The fourth-order valence-corrected chi connectivity index (χ4v) is 2.99. The SMILES string of the molecule is CCOc1cc(/C=C2/NC(=O)N(C)C2=O)c(Br)cc1OCc1ccccc1. The summed E-state index contributed by atoms with van der Waals surface area (Å²) in [6.45, 7) is 2.77. The maximum absolute atomic E-state index is 12.1. The Bertz CT molecular complexity index is 896. The molecule has 0 bridgehead atoms. The van der Waals surface area contributed by atoms with Crippen LogP contribution in [-0.4, -0.2) is 30.5 Å². The van der Waals surface area contributed by atoms with Crippen LogP contribution >= 0.6 is 15.9 Å². The van der Waals surface area contributed by atoms with Crippen molar-refractivity contribution in [2.45, 2.75) is 13.5 Å². The topological polar surface area (TPSA) is 67.9 Å². The van der Waals surface area contributed by atoms with E-state index in [1.165, 1.54) is 7.05 Å². The van der Waals surface area contributed by atoms with Crippen molar-refractivity contribution in [1.29, 1.82) is 0 Å². The average molecular weight is 431 g/mol. The molecule has 1 aliphatic heterocycles. The molecule has 6 nitrogen and oxygen atoms in total. The fourth-order valence-electron chi connectivity index (χ4n) is 2.56. The third-order valence-corrected chi connectivity index (χ3v) is 4.67. The Kier molecular flexibility index (Phi) is 5.81. The van der Waals surface area contributed by atoms with Gasteiger partial charge in [-0.2, -0.15) is 0 Å². The number of likely N-dealkylation sites (N-methyl/N-ethyl adjacent to an activating group) is 1. The van der Waals surface area contributed by atoms with Crippen LogP contribution in [0.25, 0.3) is 6.08 Å².